The van der Waals surface area contributed by atoms with Gasteiger partial charge in [0, 0.05) is 32.3 Å². The van der Waals surface area contributed by atoms with Crippen molar-refractivity contribution in [3.63, 3.8) is 0 Å². The van der Waals surface area contributed by atoms with Crippen LogP contribution in [0, 0.1) is 10.1 Å². The lowest BCUT2D eigenvalue weighted by Gasteiger charge is -2.20. The van der Waals surface area contributed by atoms with E-state index in [1.807, 2.05) is 0 Å². The van der Waals surface area contributed by atoms with Crippen molar-refractivity contribution >= 4 is 11.6 Å². The average molecular weight is 298 g/mol. The van der Waals surface area contributed by atoms with Crippen LogP contribution in [0.2, 0.25) is 0 Å². The van der Waals surface area contributed by atoms with Gasteiger partial charge in [-0.25, -0.2) is 0 Å². The molecular weight excluding hydrogens is 280 g/mol. The van der Waals surface area contributed by atoms with Crippen LogP contribution in [0.25, 0.3) is 0 Å². The lowest BCUT2D eigenvalue weighted by molar-refractivity contribution is -0.385. The summed E-state index contributed by atoms with van der Waals surface area (Å²) >= 11 is 0. The van der Waals surface area contributed by atoms with Crippen LogP contribution in [0.1, 0.15) is 10.4 Å². The van der Waals surface area contributed by atoms with Crippen LogP contribution in [0.15, 0.2) is 18.2 Å². The normalized spacial score (nSPS) is 11.8. The number of aliphatic hydroxyl groups is 1. The van der Waals surface area contributed by atoms with E-state index in [1.54, 1.807) is 0 Å². The Kier molecular flexibility index (Phi) is 6.07. The molecule has 0 heterocycles. The van der Waals surface area contributed by atoms with E-state index in [-0.39, 0.29) is 30.2 Å². The van der Waals surface area contributed by atoms with Crippen LogP contribution in [0.3, 0.4) is 0 Å². The van der Waals surface area contributed by atoms with Crippen molar-refractivity contribution in [1.82, 2.24) is 4.90 Å². The Hall–Kier alpha value is -2.19. The van der Waals surface area contributed by atoms with Crippen LogP contribution in [0.4, 0.5) is 5.69 Å². The molecule has 0 saturated carbocycles. The second kappa shape index (κ2) is 7.55. The fraction of sp³-hybridized carbons (Fsp3) is 0.462. The topological polar surface area (TPSA) is 102 Å². The summed E-state index contributed by atoms with van der Waals surface area (Å²) in [5, 5.41) is 20.5. The lowest BCUT2D eigenvalue weighted by atomic mass is 10.1. The molecule has 1 atom stereocenters. The number of ether oxygens (including phenoxy) is 2. The van der Waals surface area contributed by atoms with E-state index in [1.165, 1.54) is 38.3 Å². The van der Waals surface area contributed by atoms with Gasteiger partial charge in [-0.15, -0.1) is 0 Å². The SMILES string of the molecule is COCC(O)CN(C)C(=O)c1ccc(OC)c([N+](=O)[O-])c1. The van der Waals surface area contributed by atoms with Gasteiger partial charge in [-0.2, -0.15) is 0 Å². The molecule has 1 aromatic carbocycles. The van der Waals surface area contributed by atoms with E-state index in [4.69, 9.17) is 9.47 Å². The number of carbonyl (C=O) groups excluding carboxylic acids is 1. The minimum Gasteiger partial charge on any atom is -0.490 e. The van der Waals surface area contributed by atoms with Crippen LogP contribution < -0.4 is 4.74 Å². The number of amides is 1. The molecule has 0 radical (unpaired) electrons. The molecular formula is C13H18N2O6. The first-order valence-corrected chi connectivity index (χ1v) is 6.15. The van der Waals surface area contributed by atoms with Crippen LogP contribution in [-0.2, 0) is 4.74 Å². The largest absolute Gasteiger partial charge is 0.490 e. The highest BCUT2D eigenvalue weighted by Gasteiger charge is 2.21. The van der Waals surface area contributed by atoms with Gasteiger partial charge in [0.15, 0.2) is 5.75 Å². The quantitative estimate of drug-likeness (QED) is 0.586. The lowest BCUT2D eigenvalue weighted by Crippen LogP contribution is -2.36. The second-order valence-corrected chi connectivity index (χ2v) is 4.44. The Balaban J connectivity index is 2.92. The van der Waals surface area contributed by atoms with Gasteiger partial charge < -0.3 is 19.5 Å². The van der Waals surface area contributed by atoms with E-state index in [9.17, 15) is 20.0 Å². The minimum absolute atomic E-state index is 0.0620. The molecule has 1 rings (SSSR count). The van der Waals surface area contributed by atoms with Gasteiger partial charge in [-0.3, -0.25) is 14.9 Å². The molecule has 0 bridgehead atoms. The number of aliphatic hydroxyl groups excluding tert-OH is 1. The van der Waals surface area contributed by atoms with E-state index in [2.05, 4.69) is 0 Å². The van der Waals surface area contributed by atoms with Gasteiger partial charge in [-0.05, 0) is 12.1 Å². The van der Waals surface area contributed by atoms with Gasteiger partial charge in [0.05, 0.1) is 24.7 Å². The molecule has 1 unspecified atom stereocenters. The van der Waals surface area contributed by atoms with Crippen molar-refractivity contribution in [1.29, 1.82) is 0 Å². The molecule has 116 valence electrons. The maximum atomic E-state index is 12.2. The third kappa shape index (κ3) is 4.40. The zero-order valence-corrected chi connectivity index (χ0v) is 12.1. The van der Waals surface area contributed by atoms with Gasteiger partial charge in [0.1, 0.15) is 0 Å². The smallest absolute Gasteiger partial charge is 0.311 e. The van der Waals surface area contributed by atoms with Crippen molar-refractivity contribution in [2.75, 3.05) is 34.4 Å². The van der Waals surface area contributed by atoms with E-state index in [0.717, 1.165) is 6.07 Å². The molecule has 0 fully saturated rings. The molecule has 0 aromatic heterocycles. The first-order valence-electron chi connectivity index (χ1n) is 6.15. The predicted molar refractivity (Wildman–Crippen MR) is 74.5 cm³/mol. The minimum atomic E-state index is -0.822. The van der Waals surface area contributed by atoms with Crippen molar-refractivity contribution in [2.24, 2.45) is 0 Å². The average Bonchev–Trinajstić information content (AvgIpc) is 2.45. The fourth-order valence-corrected chi connectivity index (χ4v) is 1.83. The van der Waals surface area contributed by atoms with Crippen LogP contribution >= 0.6 is 0 Å². The van der Waals surface area contributed by atoms with Crippen LogP contribution in [-0.4, -0.2) is 61.4 Å². The molecule has 0 saturated heterocycles. The number of carbonyl (C=O) groups is 1. The van der Waals surface area contributed by atoms with Crippen molar-refractivity contribution < 1.29 is 24.3 Å². The molecule has 1 N–H and O–H groups in total. The summed E-state index contributed by atoms with van der Waals surface area (Å²) in [6.07, 6.45) is -0.822. The van der Waals surface area contributed by atoms with Crippen LogP contribution in [0.5, 0.6) is 5.75 Å². The molecule has 0 aliphatic rings. The van der Waals surface area contributed by atoms with E-state index in [0.29, 0.717) is 0 Å². The zero-order chi connectivity index (χ0) is 16.0. The maximum Gasteiger partial charge on any atom is 0.311 e. The fourth-order valence-electron chi connectivity index (χ4n) is 1.83. The highest BCUT2D eigenvalue weighted by atomic mass is 16.6. The number of methoxy groups -OCH3 is 2. The zero-order valence-electron chi connectivity index (χ0n) is 12.1. The van der Waals surface area contributed by atoms with Crippen molar-refractivity contribution in [2.45, 2.75) is 6.10 Å². The van der Waals surface area contributed by atoms with Gasteiger partial charge in [0.2, 0.25) is 0 Å². The predicted octanol–water partition coefficient (Wildman–Crippen LogP) is 0.683. The number of nitro benzene ring substituents is 1. The Labute approximate surface area is 122 Å². The summed E-state index contributed by atoms with van der Waals surface area (Å²) in [6.45, 7) is 0.160. The Morgan fingerprint density at radius 3 is 2.67 bits per heavy atom. The molecule has 1 aromatic rings. The highest BCUT2D eigenvalue weighted by Crippen LogP contribution is 2.27. The number of hydrogen-bond acceptors (Lipinski definition) is 6. The first kappa shape index (κ1) is 16.9. The summed E-state index contributed by atoms with van der Waals surface area (Å²) < 4.78 is 9.65. The number of hydrogen-bond donors (Lipinski definition) is 1. The van der Waals surface area contributed by atoms with Crippen molar-refractivity contribution in [3.8, 4) is 5.75 Å². The third-order valence-electron chi connectivity index (χ3n) is 2.81. The summed E-state index contributed by atoms with van der Waals surface area (Å²) in [4.78, 5) is 23.8. The number of nitrogens with zero attached hydrogens (tertiary/aromatic N) is 2. The summed E-state index contributed by atoms with van der Waals surface area (Å²) in [5.41, 5.74) is -0.135. The highest BCUT2D eigenvalue weighted by molar-refractivity contribution is 5.95. The summed E-state index contributed by atoms with van der Waals surface area (Å²) in [6, 6.07) is 3.96. The van der Waals surface area contributed by atoms with E-state index >= 15 is 0 Å². The molecule has 21 heavy (non-hydrogen) atoms. The number of likely N-dealkylation sites (N-methyl/N-ethyl adjacent to an activating group) is 1. The summed E-state index contributed by atoms with van der Waals surface area (Å²) in [5.74, 6) is -0.352. The number of nitro groups is 1. The molecule has 0 aliphatic carbocycles. The van der Waals surface area contributed by atoms with Gasteiger partial charge in [-0.1, -0.05) is 0 Å². The molecule has 8 nitrogen and oxygen atoms in total. The first-order chi connectivity index (χ1) is 9.90. The Bertz CT molecular complexity index is 519. The number of rotatable bonds is 7. The summed E-state index contributed by atoms with van der Waals surface area (Å²) in [7, 11) is 4.26. The molecule has 8 heteroatoms. The second-order valence-electron chi connectivity index (χ2n) is 4.44. The Morgan fingerprint density at radius 2 is 2.14 bits per heavy atom. The molecule has 0 aliphatic heterocycles. The monoisotopic (exact) mass is 298 g/mol. The third-order valence-corrected chi connectivity index (χ3v) is 2.81. The van der Waals surface area contributed by atoms with Gasteiger partial charge >= 0.3 is 5.69 Å². The van der Waals surface area contributed by atoms with E-state index < -0.39 is 16.9 Å². The maximum absolute atomic E-state index is 12.2. The molecule has 1 amide bonds. The number of benzene rings is 1. The Morgan fingerprint density at radius 1 is 1.48 bits per heavy atom. The van der Waals surface area contributed by atoms with Crippen molar-refractivity contribution in [3.05, 3.63) is 33.9 Å². The van der Waals surface area contributed by atoms with Gasteiger partial charge in [0.25, 0.3) is 5.91 Å². The molecule has 0 spiro atoms. The standard InChI is InChI=1S/C13H18N2O6/c1-14(7-10(16)8-20-2)13(17)9-4-5-12(21-3)11(6-9)15(18)19/h4-6,10,16H,7-8H2,1-3H3.